The third-order valence-electron chi connectivity index (χ3n) is 4.71. The van der Waals surface area contributed by atoms with Crippen molar-refractivity contribution >= 4 is 53.4 Å². The van der Waals surface area contributed by atoms with Crippen LogP contribution in [0.25, 0.3) is 11.4 Å². The molecule has 218 valence electrons. The van der Waals surface area contributed by atoms with E-state index in [0.29, 0.717) is 28.6 Å². The molecular weight excluding hydrogens is 648 g/mol. The molecule has 3 rings (SSSR count). The van der Waals surface area contributed by atoms with Crippen molar-refractivity contribution in [1.29, 1.82) is 0 Å². The molecule has 2 heterocycles. The zero-order valence-corrected chi connectivity index (χ0v) is 24.5. The maximum absolute atomic E-state index is 11.3. The number of hydrogen-bond acceptors (Lipinski definition) is 12. The van der Waals surface area contributed by atoms with E-state index in [-0.39, 0.29) is 21.7 Å². The number of rotatable bonds is 9. The van der Waals surface area contributed by atoms with Crippen molar-refractivity contribution in [1.82, 2.24) is 18.7 Å². The van der Waals surface area contributed by atoms with Gasteiger partial charge in [0.05, 0.1) is 12.8 Å². The van der Waals surface area contributed by atoms with Gasteiger partial charge in [-0.25, -0.2) is 9.97 Å². The van der Waals surface area contributed by atoms with Crippen LogP contribution in [0, 0.1) is 6.92 Å². The van der Waals surface area contributed by atoms with Crippen LogP contribution in [0.2, 0.25) is 0 Å². The Balaban J connectivity index is 0.000000283. The molecule has 0 unspecified atom stereocenters. The van der Waals surface area contributed by atoms with Gasteiger partial charge < -0.3 is 49.4 Å². The normalized spacial score (nSPS) is 13.6. The maximum atomic E-state index is 11.3. The molecule has 24 heteroatoms. The lowest BCUT2D eigenvalue weighted by Crippen LogP contribution is -2.31. The van der Waals surface area contributed by atoms with E-state index < -0.39 is 53.4 Å². The van der Waals surface area contributed by atoms with Crippen molar-refractivity contribution in [3.8, 4) is 11.4 Å². The monoisotopic (exact) mass is 670 g/mol. The third kappa shape index (κ3) is 7.99. The molecule has 3 aromatic rings. The molecule has 0 atom stereocenters. The van der Waals surface area contributed by atoms with Crippen LogP contribution < -0.4 is 0 Å². The Labute approximate surface area is 227 Å². The van der Waals surface area contributed by atoms with Crippen LogP contribution in [0.4, 0.5) is 0 Å². The van der Waals surface area contributed by atoms with E-state index in [9.17, 15) is 28.5 Å². The summed E-state index contributed by atoms with van der Waals surface area (Å²) in [5, 5.41) is 12.2. The molecule has 1 aromatic carbocycles. The molecule has 18 nitrogen and oxygen atoms in total. The number of aryl methyl sites for hydroxylation is 1. The zero-order chi connectivity index (χ0) is 30.1. The Hall–Kier alpha value is -1.14. The molecule has 0 saturated carbocycles. The second-order valence-corrected chi connectivity index (χ2v) is 17.4. The molecule has 0 radical (unpaired) electrons. The Bertz CT molecular complexity index is 1430. The maximum Gasteiger partial charge on any atom is 0.369 e. The van der Waals surface area contributed by atoms with E-state index in [1.54, 1.807) is 30.3 Å². The predicted molar refractivity (Wildman–Crippen MR) is 135 cm³/mol. The number of aliphatic hydroxyl groups is 2. The van der Waals surface area contributed by atoms with Crippen LogP contribution in [0.1, 0.15) is 15.8 Å². The van der Waals surface area contributed by atoms with E-state index in [1.807, 2.05) is 0 Å². The molecule has 0 aliphatic carbocycles. The summed E-state index contributed by atoms with van der Waals surface area (Å²) in [7, 11) is -21.9. The predicted octanol–water partition coefficient (Wildman–Crippen LogP) is 0.140. The summed E-state index contributed by atoms with van der Waals surface area (Å²) < 4.78 is 52.2. The van der Waals surface area contributed by atoms with Gasteiger partial charge in [-0.3, -0.25) is 18.3 Å². The average Bonchev–Trinajstić information content (AvgIpc) is 3.40. The van der Waals surface area contributed by atoms with Gasteiger partial charge in [0.1, 0.15) is 15.8 Å². The summed E-state index contributed by atoms with van der Waals surface area (Å²) >= 11 is 1.40. The van der Waals surface area contributed by atoms with Crippen molar-refractivity contribution < 1.29 is 67.6 Å². The van der Waals surface area contributed by atoms with Gasteiger partial charge in [-0.1, -0.05) is 30.3 Å². The Morgan fingerprint density at radius 3 is 1.41 bits per heavy atom. The molecule has 0 fully saturated rings. The molecule has 39 heavy (non-hydrogen) atoms. The third-order valence-corrected chi connectivity index (χ3v) is 13.7. The summed E-state index contributed by atoms with van der Waals surface area (Å²) in [5.74, 6) is 0.517. The highest BCUT2D eigenvalue weighted by Gasteiger charge is 2.60. The lowest BCUT2D eigenvalue weighted by molar-refractivity contribution is 0.130. The minimum absolute atomic E-state index is 0.0725. The fourth-order valence-electron chi connectivity index (χ4n) is 2.60. The molecular formula is C15H22N4O14P4S2. The molecule has 0 aliphatic rings. The van der Waals surface area contributed by atoms with Crippen LogP contribution >= 0.6 is 53.4 Å². The molecule has 10 N–H and O–H groups in total. The summed E-state index contributed by atoms with van der Waals surface area (Å²) in [6, 6.07) is 8.64. The van der Waals surface area contributed by atoms with E-state index in [4.69, 9.17) is 39.1 Å². The Morgan fingerprint density at radius 1 is 0.667 bits per heavy atom. The second-order valence-electron chi connectivity index (χ2n) is 7.69. The minimum atomic E-state index is -5.51. The van der Waals surface area contributed by atoms with Crippen LogP contribution in [0.15, 0.2) is 30.3 Å². The molecule has 0 bridgehead atoms. The summed E-state index contributed by atoms with van der Waals surface area (Å²) in [5.41, 5.74) is 0.626. The number of benzene rings is 1. The largest absolute Gasteiger partial charge is 0.369 e. The summed E-state index contributed by atoms with van der Waals surface area (Å²) in [6.07, 6.45) is -1.97. The van der Waals surface area contributed by atoms with E-state index in [0.717, 1.165) is 0 Å². The van der Waals surface area contributed by atoms with Gasteiger partial charge in [0, 0.05) is 5.56 Å². The summed E-state index contributed by atoms with van der Waals surface area (Å²) in [6.45, 7) is 1.49. The number of aromatic nitrogens is 4. The van der Waals surface area contributed by atoms with Gasteiger partial charge in [0.25, 0.3) is 10.2 Å². The molecule has 0 amide bonds. The lowest BCUT2D eigenvalue weighted by atomic mass is 10.2. The van der Waals surface area contributed by atoms with Gasteiger partial charge in [-0.2, -0.15) is 8.75 Å². The Morgan fingerprint density at radius 2 is 1.05 bits per heavy atom. The smallest absolute Gasteiger partial charge is 0.367 e. The molecule has 0 aliphatic heterocycles. The van der Waals surface area contributed by atoms with E-state index >= 15 is 0 Å². The average molecular weight is 670 g/mol. The minimum Gasteiger partial charge on any atom is -0.367 e. The van der Waals surface area contributed by atoms with Gasteiger partial charge in [0.2, 0.25) is 0 Å². The van der Waals surface area contributed by atoms with Crippen LogP contribution in [0.3, 0.4) is 0 Å². The highest BCUT2D eigenvalue weighted by Crippen LogP contribution is 2.69. The van der Waals surface area contributed by atoms with Crippen LogP contribution in [0.5, 0.6) is 0 Å². The van der Waals surface area contributed by atoms with Crippen molar-refractivity contribution in [2.75, 3.05) is 0 Å². The molecule has 0 saturated heterocycles. The highest BCUT2D eigenvalue weighted by atomic mass is 32.1. The van der Waals surface area contributed by atoms with Crippen LogP contribution in [-0.4, -0.2) is 78.2 Å². The Kier molecular flexibility index (Phi) is 10.5. The quantitative estimate of drug-likeness (QED) is 0.135. The standard InChI is InChI=1S/C10H12N2O7P2S.C5H10N2O7P2S/c13-10(20(14,15)16,21(17,18)19)6-8-11-9(12-22-8)7-4-2-1-3-5-7;1-3-6-4(17-7-3)2-5(8,15(9,10)11)16(12,13)14/h1-5,13H,6H2,(H2,14,15,16)(H2,17,18,19);8H,2H2,1H3,(H2,9,10,11)(H2,12,13,14). The van der Waals surface area contributed by atoms with Crippen molar-refractivity contribution in [3.63, 3.8) is 0 Å². The molecule has 0 spiro atoms. The zero-order valence-electron chi connectivity index (χ0n) is 19.3. The first-order valence-corrected chi connectivity index (χ1v) is 17.9. The van der Waals surface area contributed by atoms with Crippen molar-refractivity contribution in [2.45, 2.75) is 29.9 Å². The van der Waals surface area contributed by atoms with Crippen LogP contribution in [-0.2, 0) is 31.1 Å². The van der Waals surface area contributed by atoms with Crippen molar-refractivity contribution in [3.05, 3.63) is 46.2 Å². The highest BCUT2D eigenvalue weighted by molar-refractivity contribution is 7.72. The fraction of sp³-hybridized carbons (Fsp3) is 0.333. The first kappa shape index (κ1) is 34.1. The van der Waals surface area contributed by atoms with Crippen molar-refractivity contribution in [2.24, 2.45) is 0 Å². The lowest BCUT2D eigenvalue weighted by Gasteiger charge is -2.28. The fourth-order valence-corrected chi connectivity index (χ4v) is 8.63. The first-order chi connectivity index (χ1) is 17.5. The van der Waals surface area contributed by atoms with Gasteiger partial charge in [0.15, 0.2) is 5.82 Å². The second kappa shape index (κ2) is 12.0. The van der Waals surface area contributed by atoms with E-state index in [2.05, 4.69) is 18.7 Å². The van der Waals surface area contributed by atoms with Gasteiger partial charge in [-0.05, 0) is 30.0 Å². The first-order valence-electron chi connectivity index (χ1n) is 9.86. The topological polar surface area (TPSA) is 322 Å². The van der Waals surface area contributed by atoms with Gasteiger partial charge >= 0.3 is 30.4 Å². The summed E-state index contributed by atoms with van der Waals surface area (Å²) in [4.78, 5) is 79.4. The molecule has 2 aromatic heterocycles. The van der Waals surface area contributed by atoms with E-state index in [1.165, 1.54) is 6.92 Å². The number of nitrogens with zero attached hydrogens (tertiary/aromatic N) is 4. The SMILES string of the molecule is Cc1nsc(CC(O)(P(=O)(O)O)P(=O)(O)O)n1.O=P(O)(O)C(O)(Cc1nc(-c2ccccc2)ns1)P(=O)(O)O. The van der Waals surface area contributed by atoms with Gasteiger partial charge in [-0.15, -0.1) is 0 Å². The number of hydrogen-bond donors (Lipinski definition) is 10.